The van der Waals surface area contributed by atoms with Crippen LogP contribution in [0.1, 0.15) is 29.8 Å². The Hall–Kier alpha value is -3.22. The number of nitro groups is 1. The molecule has 25 heavy (non-hydrogen) atoms. The molecule has 2 aromatic rings. The van der Waals surface area contributed by atoms with Crippen LogP contribution in [-0.2, 0) is 4.79 Å². The number of aryl methyl sites for hydroxylation is 1. The van der Waals surface area contributed by atoms with Gasteiger partial charge in [-0.3, -0.25) is 19.7 Å². The molecule has 0 spiro atoms. The van der Waals surface area contributed by atoms with E-state index in [1.807, 2.05) is 0 Å². The van der Waals surface area contributed by atoms with Crippen LogP contribution < -0.4 is 10.1 Å². The van der Waals surface area contributed by atoms with E-state index in [1.54, 1.807) is 38.1 Å². The number of nitro benzene ring substituents is 1. The van der Waals surface area contributed by atoms with Crippen molar-refractivity contribution in [1.82, 2.24) is 0 Å². The molecule has 0 bridgehead atoms. The summed E-state index contributed by atoms with van der Waals surface area (Å²) in [5, 5.41) is 13.5. The second-order valence-electron chi connectivity index (χ2n) is 5.56. The lowest BCUT2D eigenvalue weighted by Gasteiger charge is -2.16. The SMILES string of the molecule is CC(=O)c1ccccc1NC(=O)[C@@H](C)Oc1ccc([N+](=O)[O-])c(C)c1. The van der Waals surface area contributed by atoms with Gasteiger partial charge in [-0.2, -0.15) is 0 Å². The number of amides is 1. The van der Waals surface area contributed by atoms with Crippen LogP contribution in [0.15, 0.2) is 42.5 Å². The summed E-state index contributed by atoms with van der Waals surface area (Å²) in [5.41, 5.74) is 1.25. The number of rotatable bonds is 6. The average molecular weight is 342 g/mol. The van der Waals surface area contributed by atoms with Gasteiger partial charge < -0.3 is 10.1 Å². The minimum Gasteiger partial charge on any atom is -0.481 e. The van der Waals surface area contributed by atoms with Crippen molar-refractivity contribution in [2.75, 3.05) is 5.32 Å². The summed E-state index contributed by atoms with van der Waals surface area (Å²) >= 11 is 0. The Labute approximate surface area is 144 Å². The van der Waals surface area contributed by atoms with E-state index < -0.39 is 16.9 Å². The van der Waals surface area contributed by atoms with Crippen molar-refractivity contribution >= 4 is 23.1 Å². The van der Waals surface area contributed by atoms with Gasteiger partial charge in [0.1, 0.15) is 5.75 Å². The number of Topliss-reactive ketones (excluding diaryl/α,β-unsaturated/α-hetero) is 1. The molecule has 0 saturated carbocycles. The molecule has 0 saturated heterocycles. The van der Waals surface area contributed by atoms with Gasteiger partial charge in [0.25, 0.3) is 11.6 Å². The van der Waals surface area contributed by atoms with Crippen molar-refractivity contribution in [3.63, 3.8) is 0 Å². The maximum absolute atomic E-state index is 12.3. The van der Waals surface area contributed by atoms with Gasteiger partial charge in [0.05, 0.1) is 10.6 Å². The number of nitrogens with zero attached hydrogens (tertiary/aromatic N) is 1. The molecular formula is C18H18N2O5. The van der Waals surface area contributed by atoms with Crippen LogP contribution in [0.3, 0.4) is 0 Å². The zero-order valence-corrected chi connectivity index (χ0v) is 14.1. The number of carbonyl (C=O) groups is 2. The van der Waals surface area contributed by atoms with Gasteiger partial charge in [0.15, 0.2) is 11.9 Å². The molecule has 1 atom stereocenters. The topological polar surface area (TPSA) is 98.5 Å². The number of hydrogen-bond acceptors (Lipinski definition) is 5. The van der Waals surface area contributed by atoms with Crippen molar-refractivity contribution in [2.45, 2.75) is 26.9 Å². The quantitative estimate of drug-likeness (QED) is 0.492. The monoisotopic (exact) mass is 342 g/mol. The first kappa shape index (κ1) is 18.1. The third-order valence-corrected chi connectivity index (χ3v) is 3.61. The predicted octanol–water partition coefficient (Wildman–Crippen LogP) is 3.51. The average Bonchev–Trinajstić information content (AvgIpc) is 2.54. The highest BCUT2D eigenvalue weighted by Gasteiger charge is 2.18. The van der Waals surface area contributed by atoms with E-state index in [0.717, 1.165) is 0 Å². The second-order valence-corrected chi connectivity index (χ2v) is 5.56. The molecule has 7 nitrogen and oxygen atoms in total. The maximum Gasteiger partial charge on any atom is 0.272 e. The molecule has 0 aliphatic heterocycles. The van der Waals surface area contributed by atoms with E-state index in [2.05, 4.69) is 5.32 Å². The molecule has 0 unspecified atom stereocenters. The van der Waals surface area contributed by atoms with Crippen LogP contribution in [0.5, 0.6) is 5.75 Å². The van der Waals surface area contributed by atoms with E-state index in [0.29, 0.717) is 22.6 Å². The fraction of sp³-hybridized carbons (Fsp3) is 0.222. The van der Waals surface area contributed by atoms with Gasteiger partial charge >= 0.3 is 0 Å². The highest BCUT2D eigenvalue weighted by molar-refractivity contribution is 6.04. The first-order valence-corrected chi connectivity index (χ1v) is 7.62. The van der Waals surface area contributed by atoms with Gasteiger partial charge in [0.2, 0.25) is 0 Å². The van der Waals surface area contributed by atoms with Crippen molar-refractivity contribution in [1.29, 1.82) is 0 Å². The lowest BCUT2D eigenvalue weighted by molar-refractivity contribution is -0.385. The number of ketones is 1. The van der Waals surface area contributed by atoms with Gasteiger partial charge in [0, 0.05) is 17.2 Å². The second kappa shape index (κ2) is 7.57. The van der Waals surface area contributed by atoms with E-state index >= 15 is 0 Å². The molecule has 1 amide bonds. The van der Waals surface area contributed by atoms with Crippen LogP contribution in [-0.4, -0.2) is 22.7 Å². The Morgan fingerprint density at radius 2 is 1.88 bits per heavy atom. The fourth-order valence-electron chi connectivity index (χ4n) is 2.30. The fourth-order valence-corrected chi connectivity index (χ4v) is 2.30. The molecule has 2 rings (SSSR count). The molecule has 1 N–H and O–H groups in total. The number of benzene rings is 2. The van der Waals surface area contributed by atoms with Gasteiger partial charge in [-0.25, -0.2) is 0 Å². The van der Waals surface area contributed by atoms with Crippen LogP contribution in [0.25, 0.3) is 0 Å². The summed E-state index contributed by atoms with van der Waals surface area (Å²) < 4.78 is 5.54. The van der Waals surface area contributed by atoms with Crippen molar-refractivity contribution < 1.29 is 19.2 Å². The highest BCUT2D eigenvalue weighted by Crippen LogP contribution is 2.24. The number of ether oxygens (including phenoxy) is 1. The first-order chi connectivity index (χ1) is 11.8. The molecule has 0 radical (unpaired) electrons. The highest BCUT2D eigenvalue weighted by atomic mass is 16.6. The Morgan fingerprint density at radius 3 is 2.48 bits per heavy atom. The molecule has 0 fully saturated rings. The summed E-state index contributed by atoms with van der Waals surface area (Å²) in [7, 11) is 0. The molecule has 0 heterocycles. The lowest BCUT2D eigenvalue weighted by atomic mass is 10.1. The molecule has 0 aliphatic carbocycles. The van der Waals surface area contributed by atoms with E-state index in [1.165, 1.54) is 25.1 Å². The van der Waals surface area contributed by atoms with Crippen molar-refractivity contribution in [2.24, 2.45) is 0 Å². The van der Waals surface area contributed by atoms with Gasteiger partial charge in [-0.1, -0.05) is 12.1 Å². The first-order valence-electron chi connectivity index (χ1n) is 7.62. The Kier molecular flexibility index (Phi) is 5.49. The van der Waals surface area contributed by atoms with Crippen LogP contribution in [0.2, 0.25) is 0 Å². The van der Waals surface area contributed by atoms with Crippen molar-refractivity contribution in [3.05, 3.63) is 63.7 Å². The molecule has 0 aromatic heterocycles. The zero-order chi connectivity index (χ0) is 18.6. The van der Waals surface area contributed by atoms with E-state index in [4.69, 9.17) is 4.74 Å². The molecule has 0 aliphatic rings. The van der Waals surface area contributed by atoms with Crippen molar-refractivity contribution in [3.8, 4) is 5.75 Å². The number of hydrogen-bond donors (Lipinski definition) is 1. The number of carbonyl (C=O) groups excluding carboxylic acids is 2. The minimum atomic E-state index is -0.846. The Bertz CT molecular complexity index is 832. The van der Waals surface area contributed by atoms with Crippen LogP contribution >= 0.6 is 0 Å². The third kappa shape index (κ3) is 4.41. The van der Waals surface area contributed by atoms with Gasteiger partial charge in [-0.05, 0) is 45.0 Å². The molecule has 2 aromatic carbocycles. The summed E-state index contributed by atoms with van der Waals surface area (Å²) in [6, 6.07) is 11.0. The molecule has 130 valence electrons. The standard InChI is InChI=1S/C18H18N2O5/c1-11-10-14(8-9-17(11)20(23)24)25-13(3)18(22)19-16-7-5-4-6-15(16)12(2)21/h4-10,13H,1-3H3,(H,19,22)/t13-/m1/s1. The molecule has 7 heteroatoms. The Balaban J connectivity index is 2.10. The summed E-state index contributed by atoms with van der Waals surface area (Å²) in [6.45, 7) is 4.58. The van der Waals surface area contributed by atoms with Crippen LogP contribution in [0.4, 0.5) is 11.4 Å². The largest absolute Gasteiger partial charge is 0.481 e. The maximum atomic E-state index is 12.3. The summed E-state index contributed by atoms with van der Waals surface area (Å²) in [6.07, 6.45) is -0.846. The number of nitrogens with one attached hydrogen (secondary N) is 1. The zero-order valence-electron chi connectivity index (χ0n) is 14.1. The van der Waals surface area contributed by atoms with E-state index in [-0.39, 0.29) is 11.5 Å². The summed E-state index contributed by atoms with van der Waals surface area (Å²) in [4.78, 5) is 34.2. The summed E-state index contributed by atoms with van der Waals surface area (Å²) in [5.74, 6) is -0.231. The van der Waals surface area contributed by atoms with Gasteiger partial charge in [-0.15, -0.1) is 0 Å². The third-order valence-electron chi connectivity index (χ3n) is 3.61. The Morgan fingerprint density at radius 1 is 1.20 bits per heavy atom. The number of anilines is 1. The van der Waals surface area contributed by atoms with Crippen LogP contribution in [0, 0.1) is 17.0 Å². The minimum absolute atomic E-state index is 0.0140. The predicted molar refractivity (Wildman–Crippen MR) is 93.0 cm³/mol. The number of para-hydroxylation sites is 1. The lowest BCUT2D eigenvalue weighted by Crippen LogP contribution is -2.30. The smallest absolute Gasteiger partial charge is 0.272 e. The van der Waals surface area contributed by atoms with E-state index in [9.17, 15) is 19.7 Å². The normalized spacial score (nSPS) is 11.5. The molecular weight excluding hydrogens is 324 g/mol.